The van der Waals surface area contributed by atoms with E-state index in [1.54, 1.807) is 4.52 Å². The summed E-state index contributed by atoms with van der Waals surface area (Å²) in [5.74, 6) is 0.751. The number of rotatable bonds is 7. The Bertz CT molecular complexity index is 1060. The average molecular weight is 393 g/mol. The van der Waals surface area contributed by atoms with E-state index in [2.05, 4.69) is 20.7 Å². The molecule has 28 heavy (non-hydrogen) atoms. The number of hydrogen-bond donors (Lipinski definition) is 2. The molecule has 7 nitrogen and oxygen atoms in total. The molecule has 0 saturated carbocycles. The maximum atomic E-state index is 11.2. The summed E-state index contributed by atoms with van der Waals surface area (Å²) in [5, 5.41) is 11.3. The van der Waals surface area contributed by atoms with E-state index in [1.807, 2.05) is 60.8 Å². The lowest BCUT2D eigenvalue weighted by Crippen LogP contribution is -2.11. The average Bonchev–Trinajstić information content (AvgIpc) is 3.25. The first kappa shape index (κ1) is 18.0. The van der Waals surface area contributed by atoms with Crippen LogP contribution in [0.4, 0.5) is 10.8 Å². The van der Waals surface area contributed by atoms with E-state index in [9.17, 15) is 4.79 Å². The van der Waals surface area contributed by atoms with Crippen LogP contribution in [-0.2, 0) is 4.79 Å². The van der Waals surface area contributed by atoms with Gasteiger partial charge in [0, 0.05) is 18.2 Å². The number of nitrogens with zero attached hydrogens (tertiary/aromatic N) is 3. The van der Waals surface area contributed by atoms with E-state index < -0.39 is 0 Å². The Hall–Kier alpha value is -3.39. The van der Waals surface area contributed by atoms with Gasteiger partial charge in [0.2, 0.25) is 16.0 Å². The third-order valence-electron chi connectivity index (χ3n) is 3.91. The second kappa shape index (κ2) is 8.10. The van der Waals surface area contributed by atoms with Gasteiger partial charge in [-0.1, -0.05) is 41.7 Å². The molecule has 1 amide bonds. The Balaban J connectivity index is 1.39. The molecule has 4 rings (SSSR count). The van der Waals surface area contributed by atoms with Crippen LogP contribution in [0.2, 0.25) is 0 Å². The largest absolute Gasteiger partial charge is 0.492 e. The van der Waals surface area contributed by atoms with Crippen molar-refractivity contribution in [1.82, 2.24) is 14.6 Å². The number of fused-ring (bicyclic) bond motifs is 1. The number of imidazole rings is 1. The van der Waals surface area contributed by atoms with Gasteiger partial charge in [0.1, 0.15) is 12.4 Å². The van der Waals surface area contributed by atoms with Gasteiger partial charge < -0.3 is 15.4 Å². The second-order valence-electron chi connectivity index (χ2n) is 6.11. The quantitative estimate of drug-likeness (QED) is 0.465. The van der Waals surface area contributed by atoms with Crippen LogP contribution in [0.15, 0.2) is 60.8 Å². The van der Waals surface area contributed by atoms with E-state index in [1.165, 1.54) is 18.3 Å². The maximum Gasteiger partial charge on any atom is 0.221 e. The minimum Gasteiger partial charge on any atom is -0.492 e. The zero-order valence-corrected chi connectivity index (χ0v) is 16.1. The maximum absolute atomic E-state index is 11.2. The van der Waals surface area contributed by atoms with Crippen molar-refractivity contribution in [3.8, 4) is 17.0 Å². The molecule has 0 aliphatic carbocycles. The molecule has 0 fully saturated rings. The highest BCUT2D eigenvalue weighted by atomic mass is 32.1. The van der Waals surface area contributed by atoms with E-state index in [0.717, 1.165) is 32.8 Å². The normalized spacial score (nSPS) is 10.8. The number of amides is 1. The molecule has 0 aliphatic rings. The zero-order chi connectivity index (χ0) is 19.3. The fourth-order valence-corrected chi connectivity index (χ4v) is 3.52. The van der Waals surface area contributed by atoms with Gasteiger partial charge in [-0.25, -0.2) is 9.50 Å². The molecule has 0 spiro atoms. The van der Waals surface area contributed by atoms with Gasteiger partial charge in [-0.3, -0.25) is 4.79 Å². The molecule has 8 heteroatoms. The first-order valence-corrected chi connectivity index (χ1v) is 9.65. The second-order valence-corrected chi connectivity index (χ2v) is 7.07. The highest BCUT2D eigenvalue weighted by Crippen LogP contribution is 2.26. The number of hydrogen-bond acceptors (Lipinski definition) is 6. The molecular formula is C20H19N5O2S. The third-order valence-corrected chi connectivity index (χ3v) is 4.79. The van der Waals surface area contributed by atoms with Crippen LogP contribution >= 0.6 is 11.3 Å². The van der Waals surface area contributed by atoms with Crippen molar-refractivity contribution in [2.75, 3.05) is 23.8 Å². The molecule has 0 bridgehead atoms. The van der Waals surface area contributed by atoms with Crippen LogP contribution in [0, 0.1) is 0 Å². The summed E-state index contributed by atoms with van der Waals surface area (Å²) in [4.78, 5) is 16.7. The molecule has 0 radical (unpaired) electrons. The van der Waals surface area contributed by atoms with E-state index in [4.69, 9.17) is 4.74 Å². The SMILES string of the molecule is CC(=O)Nc1cccc(-c2cn3nc(NCCOc4ccccc4)sc3n2)c1. The van der Waals surface area contributed by atoms with Crippen molar-refractivity contribution in [3.05, 3.63) is 60.8 Å². The van der Waals surface area contributed by atoms with Gasteiger partial charge in [-0.15, -0.1) is 5.10 Å². The van der Waals surface area contributed by atoms with Crippen molar-refractivity contribution < 1.29 is 9.53 Å². The summed E-state index contributed by atoms with van der Waals surface area (Å²) in [6, 6.07) is 17.3. The third kappa shape index (κ3) is 4.29. The molecule has 142 valence electrons. The van der Waals surface area contributed by atoms with Crippen LogP contribution in [0.3, 0.4) is 0 Å². The highest BCUT2D eigenvalue weighted by molar-refractivity contribution is 7.20. The topological polar surface area (TPSA) is 80.6 Å². The molecule has 2 aromatic heterocycles. The summed E-state index contributed by atoms with van der Waals surface area (Å²) in [7, 11) is 0. The lowest BCUT2D eigenvalue weighted by Gasteiger charge is -2.05. The minimum atomic E-state index is -0.100. The van der Waals surface area contributed by atoms with Crippen molar-refractivity contribution in [2.45, 2.75) is 6.92 Å². The Morgan fingerprint density at radius 3 is 2.82 bits per heavy atom. The van der Waals surface area contributed by atoms with Crippen LogP contribution in [-0.4, -0.2) is 33.7 Å². The van der Waals surface area contributed by atoms with Crippen LogP contribution in [0.5, 0.6) is 5.75 Å². The first-order chi connectivity index (χ1) is 13.7. The number of carbonyl (C=O) groups excluding carboxylic acids is 1. The molecule has 0 unspecified atom stereocenters. The Labute approximate surface area is 166 Å². The lowest BCUT2D eigenvalue weighted by molar-refractivity contribution is -0.114. The van der Waals surface area contributed by atoms with Crippen LogP contribution in [0.25, 0.3) is 16.2 Å². The molecular weight excluding hydrogens is 374 g/mol. The smallest absolute Gasteiger partial charge is 0.221 e. The van der Waals surface area contributed by atoms with E-state index in [0.29, 0.717) is 13.2 Å². The van der Waals surface area contributed by atoms with Crippen LogP contribution < -0.4 is 15.4 Å². The van der Waals surface area contributed by atoms with Crippen molar-refractivity contribution in [2.24, 2.45) is 0 Å². The highest BCUT2D eigenvalue weighted by Gasteiger charge is 2.10. The summed E-state index contributed by atoms with van der Waals surface area (Å²) >= 11 is 1.48. The predicted molar refractivity (Wildman–Crippen MR) is 111 cm³/mol. The molecule has 0 aliphatic heterocycles. The van der Waals surface area contributed by atoms with Crippen LogP contribution in [0.1, 0.15) is 6.92 Å². The monoisotopic (exact) mass is 393 g/mol. The summed E-state index contributed by atoms with van der Waals surface area (Å²) < 4.78 is 7.42. The zero-order valence-electron chi connectivity index (χ0n) is 15.3. The fraction of sp³-hybridized carbons (Fsp3) is 0.150. The molecule has 2 N–H and O–H groups in total. The lowest BCUT2D eigenvalue weighted by atomic mass is 10.1. The molecule has 0 saturated heterocycles. The number of aromatic nitrogens is 3. The summed E-state index contributed by atoms with van der Waals surface area (Å²) in [5.41, 5.74) is 2.48. The molecule has 4 aromatic rings. The number of carbonyl (C=O) groups is 1. The van der Waals surface area contributed by atoms with Crippen molar-refractivity contribution in [1.29, 1.82) is 0 Å². The molecule has 0 atom stereocenters. The first-order valence-electron chi connectivity index (χ1n) is 8.83. The Morgan fingerprint density at radius 2 is 2.04 bits per heavy atom. The van der Waals surface area contributed by atoms with Crippen molar-refractivity contribution in [3.63, 3.8) is 0 Å². The number of benzene rings is 2. The number of para-hydroxylation sites is 1. The van der Waals surface area contributed by atoms with E-state index >= 15 is 0 Å². The minimum absolute atomic E-state index is 0.100. The number of nitrogens with one attached hydrogen (secondary N) is 2. The Morgan fingerprint density at radius 1 is 1.18 bits per heavy atom. The summed E-state index contributed by atoms with van der Waals surface area (Å²) in [6.07, 6.45) is 1.88. The fourth-order valence-electron chi connectivity index (χ4n) is 2.71. The molecule has 2 heterocycles. The predicted octanol–water partition coefficient (Wildman–Crippen LogP) is 3.91. The van der Waals surface area contributed by atoms with Gasteiger partial charge in [0.15, 0.2) is 0 Å². The van der Waals surface area contributed by atoms with Crippen molar-refractivity contribution >= 4 is 33.0 Å². The van der Waals surface area contributed by atoms with Gasteiger partial charge in [0.25, 0.3) is 0 Å². The van der Waals surface area contributed by atoms with Gasteiger partial charge in [-0.05, 0) is 24.3 Å². The number of anilines is 2. The standard InChI is InChI=1S/C20H19N5O2S/c1-14(26)22-16-7-5-6-15(12-16)18-13-25-20(23-18)28-19(24-25)21-10-11-27-17-8-3-2-4-9-17/h2-9,12-13H,10-11H2,1H3,(H,21,24)(H,22,26). The van der Waals surface area contributed by atoms with Gasteiger partial charge in [-0.2, -0.15) is 0 Å². The summed E-state index contributed by atoms with van der Waals surface area (Å²) in [6.45, 7) is 2.69. The van der Waals surface area contributed by atoms with Gasteiger partial charge >= 0.3 is 0 Å². The Kier molecular flexibility index (Phi) is 5.20. The number of ether oxygens (including phenoxy) is 1. The van der Waals surface area contributed by atoms with E-state index in [-0.39, 0.29) is 5.91 Å². The molecule has 2 aromatic carbocycles. The van der Waals surface area contributed by atoms with Gasteiger partial charge in [0.05, 0.1) is 18.4 Å².